The first kappa shape index (κ1) is 32.0. The Balaban J connectivity index is 5.44. The van der Waals surface area contributed by atoms with Gasteiger partial charge in [0.05, 0.1) is 18.9 Å². The van der Waals surface area contributed by atoms with Gasteiger partial charge in [0.1, 0.15) is 18.1 Å². The average molecular weight is 516 g/mol. The number of aliphatic imine (C=N–C) groups is 1. The molecule has 16 heteroatoms. The molecule has 0 spiro atoms. The van der Waals surface area contributed by atoms with Crippen LogP contribution in [-0.4, -0.2) is 77.3 Å². The van der Waals surface area contributed by atoms with Crippen LogP contribution in [0.15, 0.2) is 4.99 Å². The van der Waals surface area contributed by atoms with Crippen LogP contribution in [0.2, 0.25) is 0 Å². The molecule has 0 aliphatic heterocycles. The van der Waals surface area contributed by atoms with Gasteiger partial charge in [-0.2, -0.15) is 0 Å². The van der Waals surface area contributed by atoms with Crippen LogP contribution < -0.4 is 44.6 Å². The monoisotopic (exact) mass is 515 g/mol. The molecule has 0 radical (unpaired) electrons. The zero-order valence-electron chi connectivity index (χ0n) is 20.4. The second-order valence-corrected chi connectivity index (χ2v) is 8.55. The molecule has 0 heterocycles. The van der Waals surface area contributed by atoms with Gasteiger partial charge in [0.25, 0.3) is 0 Å². The summed E-state index contributed by atoms with van der Waals surface area (Å²) in [7, 11) is 0. The van der Waals surface area contributed by atoms with Crippen LogP contribution in [0.1, 0.15) is 46.0 Å². The van der Waals surface area contributed by atoms with E-state index in [0.29, 0.717) is 6.42 Å². The molecule has 0 fully saturated rings. The number of aliphatic carboxylic acids is 1. The van der Waals surface area contributed by atoms with Crippen LogP contribution in [0.5, 0.6) is 0 Å². The maximum absolute atomic E-state index is 12.9. The van der Waals surface area contributed by atoms with Crippen LogP contribution in [0.3, 0.4) is 0 Å². The summed E-state index contributed by atoms with van der Waals surface area (Å²) < 4.78 is 0. The molecule has 0 aromatic rings. The number of hydrogen-bond acceptors (Lipinski definition) is 8. The number of nitrogens with zero attached hydrogens (tertiary/aromatic N) is 1. The van der Waals surface area contributed by atoms with E-state index in [1.54, 1.807) is 13.8 Å². The van der Waals surface area contributed by atoms with Gasteiger partial charge in [-0.05, 0) is 25.2 Å². The number of nitrogens with two attached hydrogens (primary N) is 5. The number of carboxylic acid groups (broad SMARTS) is 1. The molecule has 0 aromatic carbocycles. The van der Waals surface area contributed by atoms with Gasteiger partial charge in [0, 0.05) is 6.54 Å². The lowest BCUT2D eigenvalue weighted by atomic mass is 10.0. The molecule has 36 heavy (non-hydrogen) atoms. The van der Waals surface area contributed by atoms with E-state index in [-0.39, 0.29) is 31.3 Å². The topological polar surface area (TPSA) is 301 Å². The normalized spacial score (nSPS) is 14.0. The number of nitrogens with one attached hydrogen (secondary N) is 3. The van der Waals surface area contributed by atoms with Crippen molar-refractivity contribution in [3.05, 3.63) is 0 Å². The average Bonchev–Trinajstić information content (AvgIpc) is 2.73. The van der Waals surface area contributed by atoms with Crippen LogP contribution >= 0.6 is 0 Å². The molecule has 4 unspecified atom stereocenters. The first-order valence-electron chi connectivity index (χ1n) is 11.1. The minimum Gasteiger partial charge on any atom is -0.480 e. The summed E-state index contributed by atoms with van der Waals surface area (Å²) in [5, 5.41) is 16.0. The molecule has 0 aliphatic carbocycles. The highest BCUT2D eigenvalue weighted by Gasteiger charge is 2.32. The maximum atomic E-state index is 12.9. The van der Waals surface area contributed by atoms with E-state index in [1.807, 2.05) is 5.32 Å². The molecule has 4 atom stereocenters. The smallest absolute Gasteiger partial charge is 0.326 e. The van der Waals surface area contributed by atoms with Crippen LogP contribution in [0, 0.1) is 5.92 Å². The van der Waals surface area contributed by atoms with Crippen molar-refractivity contribution in [2.75, 3.05) is 6.54 Å². The minimum absolute atomic E-state index is 0.0745. The van der Waals surface area contributed by atoms with Gasteiger partial charge < -0.3 is 49.7 Å². The number of carbonyl (C=O) groups excluding carboxylic acids is 5. The van der Waals surface area contributed by atoms with Gasteiger partial charge in [-0.1, -0.05) is 13.8 Å². The van der Waals surface area contributed by atoms with E-state index in [9.17, 15) is 33.9 Å². The van der Waals surface area contributed by atoms with Gasteiger partial charge in [0.15, 0.2) is 5.96 Å². The Hall–Kier alpha value is -3.95. The van der Waals surface area contributed by atoms with E-state index >= 15 is 0 Å². The molecule has 0 saturated heterocycles. The molecular weight excluding hydrogens is 478 g/mol. The van der Waals surface area contributed by atoms with Crippen molar-refractivity contribution in [1.82, 2.24) is 16.0 Å². The summed E-state index contributed by atoms with van der Waals surface area (Å²) in [5.74, 6) is -6.23. The van der Waals surface area contributed by atoms with Crippen LogP contribution in [-0.2, 0) is 28.8 Å². The lowest BCUT2D eigenvalue weighted by Gasteiger charge is -2.25. The van der Waals surface area contributed by atoms with Gasteiger partial charge >= 0.3 is 5.97 Å². The molecule has 204 valence electrons. The number of guanidine groups is 1. The summed E-state index contributed by atoms with van der Waals surface area (Å²) in [6.07, 6.45) is -0.604. The number of hydrogen-bond donors (Lipinski definition) is 9. The standard InChI is InChI=1S/C20H37N9O7/c1-9(2)6-11(27-16(32)10(21)4-3-5-26-20(24)25)17(33)28-12(7-14(22)30)18(34)29-13(19(35)36)8-15(23)31/h9-13H,3-8,21H2,1-2H3,(H2,22,30)(H2,23,31)(H,27,32)(H,28,33)(H,29,34)(H,35,36)(H4,24,25,26). The van der Waals surface area contributed by atoms with E-state index in [2.05, 4.69) is 15.6 Å². The van der Waals surface area contributed by atoms with Crippen LogP contribution in [0.25, 0.3) is 0 Å². The molecule has 0 bridgehead atoms. The first-order chi connectivity index (χ1) is 16.6. The largest absolute Gasteiger partial charge is 0.480 e. The molecule has 16 nitrogen and oxygen atoms in total. The van der Waals surface area contributed by atoms with Crippen molar-refractivity contribution >= 4 is 41.5 Å². The highest BCUT2D eigenvalue weighted by molar-refractivity contribution is 5.96. The fourth-order valence-corrected chi connectivity index (χ4v) is 2.99. The summed E-state index contributed by atoms with van der Waals surface area (Å²) in [6.45, 7) is 3.84. The maximum Gasteiger partial charge on any atom is 0.326 e. The highest BCUT2D eigenvalue weighted by Crippen LogP contribution is 2.08. The fraction of sp³-hybridized carbons (Fsp3) is 0.650. The number of rotatable bonds is 17. The van der Waals surface area contributed by atoms with Crippen molar-refractivity contribution in [3.63, 3.8) is 0 Å². The Bertz CT molecular complexity index is 843. The second kappa shape index (κ2) is 15.9. The van der Waals surface area contributed by atoms with E-state index in [0.717, 1.165) is 0 Å². The predicted octanol–water partition coefficient (Wildman–Crippen LogP) is -4.30. The number of amides is 5. The third kappa shape index (κ3) is 13.7. The summed E-state index contributed by atoms with van der Waals surface area (Å²) >= 11 is 0. The van der Waals surface area contributed by atoms with E-state index in [4.69, 9.17) is 28.7 Å². The number of carboxylic acids is 1. The van der Waals surface area contributed by atoms with E-state index < -0.39 is 72.5 Å². The second-order valence-electron chi connectivity index (χ2n) is 8.55. The van der Waals surface area contributed by atoms with Gasteiger partial charge in [-0.25, -0.2) is 4.79 Å². The Morgan fingerprint density at radius 2 is 1.25 bits per heavy atom. The zero-order valence-corrected chi connectivity index (χ0v) is 20.4. The lowest BCUT2D eigenvalue weighted by Crippen LogP contribution is -2.58. The Labute approximate surface area is 208 Å². The molecule has 0 saturated carbocycles. The number of primary amides is 2. The third-order valence-electron chi connectivity index (χ3n) is 4.70. The predicted molar refractivity (Wildman–Crippen MR) is 128 cm³/mol. The lowest BCUT2D eigenvalue weighted by molar-refractivity contribution is -0.144. The molecule has 14 N–H and O–H groups in total. The van der Waals surface area contributed by atoms with Crippen molar-refractivity contribution in [2.24, 2.45) is 39.6 Å². The van der Waals surface area contributed by atoms with Gasteiger partial charge in [-0.3, -0.25) is 29.0 Å². The van der Waals surface area contributed by atoms with Crippen LogP contribution in [0.4, 0.5) is 0 Å². The fourth-order valence-electron chi connectivity index (χ4n) is 2.99. The Kier molecular flexibility index (Phi) is 14.1. The molecule has 5 amide bonds. The minimum atomic E-state index is -1.69. The van der Waals surface area contributed by atoms with Gasteiger partial charge in [-0.15, -0.1) is 0 Å². The summed E-state index contributed by atoms with van der Waals surface area (Å²) in [4.78, 5) is 75.7. The van der Waals surface area contributed by atoms with Gasteiger partial charge in [0.2, 0.25) is 29.5 Å². The Morgan fingerprint density at radius 3 is 1.72 bits per heavy atom. The molecule has 0 aromatic heterocycles. The van der Waals surface area contributed by atoms with Crippen molar-refractivity contribution in [1.29, 1.82) is 0 Å². The molecule has 0 rings (SSSR count). The third-order valence-corrected chi connectivity index (χ3v) is 4.70. The molecular formula is C20H37N9O7. The zero-order chi connectivity index (χ0) is 28.0. The Morgan fingerprint density at radius 1 is 0.778 bits per heavy atom. The summed E-state index contributed by atoms with van der Waals surface area (Å²) in [5.41, 5.74) is 26.5. The first-order valence-corrected chi connectivity index (χ1v) is 11.1. The number of carbonyl (C=O) groups is 6. The van der Waals surface area contributed by atoms with E-state index in [1.165, 1.54) is 0 Å². The molecule has 0 aliphatic rings. The van der Waals surface area contributed by atoms with Crippen molar-refractivity contribution in [3.8, 4) is 0 Å². The van der Waals surface area contributed by atoms with Crippen molar-refractivity contribution < 1.29 is 33.9 Å². The van der Waals surface area contributed by atoms with Crippen molar-refractivity contribution in [2.45, 2.75) is 70.1 Å². The highest BCUT2D eigenvalue weighted by atomic mass is 16.4. The quantitative estimate of drug-likeness (QED) is 0.0509. The SMILES string of the molecule is CC(C)CC(NC(=O)C(N)CCCN=C(N)N)C(=O)NC(CC(N)=O)C(=O)NC(CC(N)=O)C(=O)O. The summed E-state index contributed by atoms with van der Waals surface area (Å²) in [6, 6.07) is -5.38.